The minimum absolute atomic E-state index is 0.00791. The lowest BCUT2D eigenvalue weighted by molar-refractivity contribution is -0.384. The Bertz CT molecular complexity index is 453. The smallest absolute Gasteiger partial charge is 0.312 e. The number of nitrogens with one attached hydrogen (secondary N) is 2. The zero-order valence-electron chi connectivity index (χ0n) is 9.48. The Labute approximate surface area is 108 Å². The van der Waals surface area contributed by atoms with Gasteiger partial charge in [-0.2, -0.15) is 0 Å². The second-order valence-electron chi connectivity index (χ2n) is 3.50. The predicted molar refractivity (Wildman–Crippen MR) is 67.4 cm³/mol. The number of hydrogen-bond acceptors (Lipinski definition) is 4. The average molecular weight is 273 g/mol. The Morgan fingerprint density at radius 1 is 1.44 bits per heavy atom. The van der Waals surface area contributed by atoms with Crippen molar-refractivity contribution in [3.05, 3.63) is 38.9 Å². The second kappa shape index (κ2) is 6.77. The molecule has 0 aliphatic heterocycles. The molecular weight excluding hydrogens is 260 g/mol. The van der Waals surface area contributed by atoms with Crippen LogP contribution >= 0.6 is 11.6 Å². The molecule has 0 aromatic heterocycles. The highest BCUT2D eigenvalue weighted by molar-refractivity contribution is 6.31. The first kappa shape index (κ1) is 14.2. The summed E-state index contributed by atoms with van der Waals surface area (Å²) in [5.41, 5.74) is 5.51. The van der Waals surface area contributed by atoms with Gasteiger partial charge in [-0.15, -0.1) is 0 Å². The zero-order valence-corrected chi connectivity index (χ0v) is 10.2. The molecule has 0 bridgehead atoms. The number of rotatable bonds is 6. The van der Waals surface area contributed by atoms with Crippen molar-refractivity contribution in [2.75, 3.05) is 13.1 Å². The van der Waals surface area contributed by atoms with Crippen LogP contribution in [-0.4, -0.2) is 24.0 Å². The van der Waals surface area contributed by atoms with Crippen molar-refractivity contribution >= 4 is 23.3 Å². The van der Waals surface area contributed by atoms with Gasteiger partial charge in [0.2, 0.25) is 0 Å². The van der Waals surface area contributed by atoms with E-state index in [4.69, 9.17) is 17.3 Å². The third-order valence-electron chi connectivity index (χ3n) is 2.16. The van der Waals surface area contributed by atoms with Gasteiger partial charge in [0.15, 0.2) is 0 Å². The molecule has 0 saturated heterocycles. The summed E-state index contributed by atoms with van der Waals surface area (Å²) in [5.74, 6) is 0. The number of nitrogens with zero attached hydrogens (tertiary/aromatic N) is 1. The van der Waals surface area contributed by atoms with Crippen molar-refractivity contribution in [2.24, 2.45) is 5.73 Å². The number of halogens is 1. The maximum absolute atomic E-state index is 10.6. The maximum atomic E-state index is 10.6. The average Bonchev–Trinajstić information content (AvgIpc) is 2.30. The largest absolute Gasteiger partial charge is 0.352 e. The molecular formula is C10H13ClN4O3. The van der Waals surface area contributed by atoms with E-state index in [1.54, 1.807) is 0 Å². The number of benzene rings is 1. The lowest BCUT2D eigenvalue weighted by atomic mass is 10.2. The fraction of sp³-hybridized carbons (Fsp3) is 0.300. The SMILES string of the molecule is NC(=O)NCCNCc1cc([N+](=O)[O-])ccc1Cl. The van der Waals surface area contributed by atoms with Gasteiger partial charge in [-0.3, -0.25) is 10.1 Å². The highest BCUT2D eigenvalue weighted by Gasteiger charge is 2.09. The molecule has 0 saturated carbocycles. The number of carbonyl (C=O) groups excluding carboxylic acids is 1. The molecule has 0 spiro atoms. The number of nitrogens with two attached hydrogens (primary N) is 1. The summed E-state index contributed by atoms with van der Waals surface area (Å²) < 4.78 is 0. The molecule has 0 fully saturated rings. The lowest BCUT2D eigenvalue weighted by Crippen LogP contribution is -2.35. The van der Waals surface area contributed by atoms with Gasteiger partial charge in [-0.25, -0.2) is 4.79 Å². The van der Waals surface area contributed by atoms with E-state index >= 15 is 0 Å². The van der Waals surface area contributed by atoms with Gasteiger partial charge in [0.05, 0.1) is 4.92 Å². The number of nitro benzene ring substituents is 1. The van der Waals surface area contributed by atoms with Crippen LogP contribution in [0.25, 0.3) is 0 Å². The number of primary amides is 1. The number of non-ortho nitro benzene ring substituents is 1. The minimum atomic E-state index is -0.592. The maximum Gasteiger partial charge on any atom is 0.312 e. The van der Waals surface area contributed by atoms with Crippen LogP contribution in [0.4, 0.5) is 10.5 Å². The summed E-state index contributed by atoms with van der Waals surface area (Å²) in [6.07, 6.45) is 0. The van der Waals surface area contributed by atoms with Crippen LogP contribution in [0.1, 0.15) is 5.56 Å². The van der Waals surface area contributed by atoms with Crippen LogP contribution < -0.4 is 16.4 Å². The van der Waals surface area contributed by atoms with E-state index in [0.29, 0.717) is 30.2 Å². The highest BCUT2D eigenvalue weighted by atomic mass is 35.5. The van der Waals surface area contributed by atoms with Crippen molar-refractivity contribution in [1.29, 1.82) is 0 Å². The van der Waals surface area contributed by atoms with E-state index in [9.17, 15) is 14.9 Å². The molecule has 0 heterocycles. The highest BCUT2D eigenvalue weighted by Crippen LogP contribution is 2.21. The lowest BCUT2D eigenvalue weighted by Gasteiger charge is -2.07. The number of amides is 2. The van der Waals surface area contributed by atoms with Crippen molar-refractivity contribution in [1.82, 2.24) is 10.6 Å². The summed E-state index contributed by atoms with van der Waals surface area (Å²) in [6.45, 7) is 1.24. The molecule has 1 rings (SSSR count). The molecule has 0 aliphatic carbocycles. The Hall–Kier alpha value is -1.86. The van der Waals surface area contributed by atoms with Gasteiger partial charge < -0.3 is 16.4 Å². The van der Waals surface area contributed by atoms with Crippen LogP contribution in [0, 0.1) is 10.1 Å². The first-order valence-electron chi connectivity index (χ1n) is 5.17. The summed E-state index contributed by atoms with van der Waals surface area (Å²) >= 11 is 5.91. The predicted octanol–water partition coefficient (Wildman–Crippen LogP) is 1.01. The fourth-order valence-corrected chi connectivity index (χ4v) is 1.49. The number of hydrogen-bond donors (Lipinski definition) is 3. The molecule has 0 radical (unpaired) electrons. The number of carbonyl (C=O) groups is 1. The molecule has 7 nitrogen and oxygen atoms in total. The van der Waals surface area contributed by atoms with Crippen LogP contribution in [0.5, 0.6) is 0 Å². The molecule has 8 heteroatoms. The summed E-state index contributed by atoms with van der Waals surface area (Å²) in [4.78, 5) is 20.5. The quantitative estimate of drug-likeness (QED) is 0.408. The molecule has 18 heavy (non-hydrogen) atoms. The topological polar surface area (TPSA) is 110 Å². The van der Waals surface area contributed by atoms with E-state index in [1.165, 1.54) is 18.2 Å². The fourth-order valence-electron chi connectivity index (χ4n) is 1.31. The van der Waals surface area contributed by atoms with Crippen LogP contribution in [-0.2, 0) is 6.54 Å². The third kappa shape index (κ3) is 4.56. The summed E-state index contributed by atoms with van der Waals surface area (Å²) in [7, 11) is 0. The van der Waals surface area contributed by atoms with Gasteiger partial charge in [0.1, 0.15) is 0 Å². The summed E-state index contributed by atoms with van der Waals surface area (Å²) in [5, 5.41) is 16.4. The van der Waals surface area contributed by atoms with Gasteiger partial charge in [-0.05, 0) is 11.6 Å². The molecule has 98 valence electrons. The van der Waals surface area contributed by atoms with Crippen molar-refractivity contribution in [3.8, 4) is 0 Å². The second-order valence-corrected chi connectivity index (χ2v) is 3.91. The summed E-state index contributed by atoms with van der Waals surface area (Å²) in [6, 6.07) is 3.65. The van der Waals surface area contributed by atoms with E-state index in [1.807, 2.05) is 0 Å². The number of nitro groups is 1. The van der Waals surface area contributed by atoms with E-state index in [2.05, 4.69) is 10.6 Å². The monoisotopic (exact) mass is 272 g/mol. The first-order valence-corrected chi connectivity index (χ1v) is 5.55. The normalized spacial score (nSPS) is 10.1. The molecule has 1 aromatic carbocycles. The van der Waals surface area contributed by atoms with E-state index < -0.39 is 11.0 Å². The molecule has 2 amide bonds. The minimum Gasteiger partial charge on any atom is -0.352 e. The molecule has 1 aromatic rings. The zero-order chi connectivity index (χ0) is 13.5. The number of urea groups is 1. The van der Waals surface area contributed by atoms with Gasteiger partial charge in [0.25, 0.3) is 5.69 Å². The standard InChI is InChI=1S/C10H13ClN4O3/c11-9-2-1-8(15(17)18)5-7(9)6-13-3-4-14-10(12)16/h1-2,5,13H,3-4,6H2,(H3,12,14,16). The van der Waals surface area contributed by atoms with Crippen molar-refractivity contribution < 1.29 is 9.72 Å². The van der Waals surface area contributed by atoms with Crippen molar-refractivity contribution in [2.45, 2.75) is 6.54 Å². The van der Waals surface area contributed by atoms with E-state index in [0.717, 1.165) is 0 Å². The molecule has 0 unspecified atom stereocenters. The van der Waals surface area contributed by atoms with Gasteiger partial charge >= 0.3 is 6.03 Å². The van der Waals surface area contributed by atoms with Gasteiger partial charge in [-0.1, -0.05) is 11.6 Å². The first-order chi connectivity index (χ1) is 8.50. The Balaban J connectivity index is 2.48. The van der Waals surface area contributed by atoms with E-state index in [-0.39, 0.29) is 5.69 Å². The Morgan fingerprint density at radius 2 is 2.17 bits per heavy atom. The third-order valence-corrected chi connectivity index (χ3v) is 2.53. The van der Waals surface area contributed by atoms with Crippen molar-refractivity contribution in [3.63, 3.8) is 0 Å². The molecule has 0 atom stereocenters. The van der Waals surface area contributed by atoms with Crippen LogP contribution in [0.2, 0.25) is 5.02 Å². The van der Waals surface area contributed by atoms with Gasteiger partial charge in [0, 0.05) is 36.8 Å². The molecule has 4 N–H and O–H groups in total. The Morgan fingerprint density at radius 3 is 2.78 bits per heavy atom. The Kier molecular flexibility index (Phi) is 5.34. The van der Waals surface area contributed by atoms with Crippen LogP contribution in [0.15, 0.2) is 18.2 Å². The molecule has 0 aliphatic rings. The van der Waals surface area contributed by atoms with Crippen LogP contribution in [0.3, 0.4) is 0 Å².